The van der Waals surface area contributed by atoms with E-state index < -0.39 is 6.10 Å². The van der Waals surface area contributed by atoms with Crippen LogP contribution in [0.4, 0.5) is 0 Å². The summed E-state index contributed by atoms with van der Waals surface area (Å²) in [5.74, 6) is 4.57. The molecule has 6 heteroatoms. The van der Waals surface area contributed by atoms with Crippen molar-refractivity contribution in [3.8, 4) is 11.5 Å². The number of halogens is 1. The molecule has 0 radical (unpaired) electrons. The minimum absolute atomic E-state index is 0.140. The first-order valence-electron chi connectivity index (χ1n) is 11.0. The fourth-order valence-electron chi connectivity index (χ4n) is 3.67. The number of β-amino-alcohol motifs (C(OH)–C–C–N with tert-alkyl or cyclic N) is 1. The smallest absolute Gasteiger partial charge is 0.119 e. The highest BCUT2D eigenvalue weighted by atomic mass is 35.5. The van der Waals surface area contributed by atoms with Gasteiger partial charge in [-0.15, -0.1) is 11.6 Å². The minimum Gasteiger partial charge on any atom is -0.494 e. The average molecular weight is 464 g/mol. The number of rotatable bonds is 11. The van der Waals surface area contributed by atoms with E-state index in [1.165, 1.54) is 11.1 Å². The SMILES string of the molecule is CC(C)(c1ccc(OCCCCl)cc1)c1ccc(OCC(O)CN2CCSCC2)cc1. The Morgan fingerprint density at radius 1 is 0.968 bits per heavy atom. The summed E-state index contributed by atoms with van der Waals surface area (Å²) in [6, 6.07) is 16.5. The van der Waals surface area contributed by atoms with Gasteiger partial charge in [-0.3, -0.25) is 4.90 Å². The predicted molar refractivity (Wildman–Crippen MR) is 131 cm³/mol. The van der Waals surface area contributed by atoms with Crippen molar-refractivity contribution >= 4 is 23.4 Å². The van der Waals surface area contributed by atoms with Crippen LogP contribution in [0.25, 0.3) is 0 Å². The highest BCUT2D eigenvalue weighted by Crippen LogP contribution is 2.33. The maximum atomic E-state index is 10.3. The van der Waals surface area contributed by atoms with Crippen molar-refractivity contribution in [1.82, 2.24) is 4.90 Å². The predicted octanol–water partition coefficient (Wildman–Crippen LogP) is 4.81. The summed E-state index contributed by atoms with van der Waals surface area (Å²) in [5, 5.41) is 10.3. The standard InChI is InChI=1S/C25H34ClNO3S/c1-25(2,20-4-8-23(9-5-20)29-15-3-12-26)21-6-10-24(11-7-21)30-19-22(28)18-27-13-16-31-17-14-27/h4-11,22,28H,3,12-19H2,1-2H3. The summed E-state index contributed by atoms with van der Waals surface area (Å²) in [7, 11) is 0. The summed E-state index contributed by atoms with van der Waals surface area (Å²) >= 11 is 7.68. The second-order valence-electron chi connectivity index (χ2n) is 8.44. The molecule has 0 aliphatic carbocycles. The number of alkyl halides is 1. The quantitative estimate of drug-likeness (QED) is 0.382. The fourth-order valence-corrected chi connectivity index (χ4v) is 4.76. The second-order valence-corrected chi connectivity index (χ2v) is 10.0. The molecule has 1 unspecified atom stereocenters. The van der Waals surface area contributed by atoms with Crippen LogP contribution in [-0.4, -0.2) is 66.3 Å². The topological polar surface area (TPSA) is 41.9 Å². The lowest BCUT2D eigenvalue weighted by Gasteiger charge is -2.28. The van der Waals surface area contributed by atoms with Crippen molar-refractivity contribution in [3.63, 3.8) is 0 Å². The third kappa shape index (κ3) is 7.31. The van der Waals surface area contributed by atoms with Crippen molar-refractivity contribution in [3.05, 3.63) is 59.7 Å². The lowest BCUT2D eigenvalue weighted by molar-refractivity contribution is 0.0715. The Morgan fingerprint density at radius 2 is 1.52 bits per heavy atom. The summed E-state index contributed by atoms with van der Waals surface area (Å²) in [6.45, 7) is 8.16. The first kappa shape index (κ1) is 24.2. The van der Waals surface area contributed by atoms with Gasteiger partial charge in [-0.05, 0) is 41.8 Å². The van der Waals surface area contributed by atoms with Crippen LogP contribution in [-0.2, 0) is 5.41 Å². The molecule has 2 aromatic rings. The minimum atomic E-state index is -0.468. The molecule has 1 heterocycles. The molecule has 0 saturated carbocycles. The van der Waals surface area contributed by atoms with Gasteiger partial charge >= 0.3 is 0 Å². The van der Waals surface area contributed by atoms with Gasteiger partial charge < -0.3 is 14.6 Å². The van der Waals surface area contributed by atoms with Crippen molar-refractivity contribution in [2.24, 2.45) is 0 Å². The summed E-state index contributed by atoms with van der Waals surface area (Å²) < 4.78 is 11.5. The largest absolute Gasteiger partial charge is 0.494 e. The zero-order valence-electron chi connectivity index (χ0n) is 18.6. The Morgan fingerprint density at radius 3 is 2.06 bits per heavy atom. The number of hydrogen-bond donors (Lipinski definition) is 1. The molecule has 2 aromatic carbocycles. The van der Waals surface area contributed by atoms with E-state index in [0.717, 1.165) is 42.5 Å². The zero-order chi connectivity index (χ0) is 22.1. The molecule has 1 fully saturated rings. The Hall–Kier alpha value is -1.40. The zero-order valence-corrected chi connectivity index (χ0v) is 20.1. The van der Waals surface area contributed by atoms with Crippen molar-refractivity contribution in [2.75, 3.05) is 50.2 Å². The molecule has 0 aromatic heterocycles. The number of nitrogens with zero attached hydrogens (tertiary/aromatic N) is 1. The van der Waals surface area contributed by atoms with Gasteiger partial charge in [0.25, 0.3) is 0 Å². The Kier molecular flexibility index (Phi) is 9.39. The molecule has 170 valence electrons. The number of hydrogen-bond acceptors (Lipinski definition) is 5. The fraction of sp³-hybridized carbons (Fsp3) is 0.520. The maximum absolute atomic E-state index is 10.3. The van der Waals surface area contributed by atoms with Crippen LogP contribution in [0.5, 0.6) is 11.5 Å². The molecule has 1 N–H and O–H groups in total. The van der Waals surface area contributed by atoms with Gasteiger partial charge in [-0.1, -0.05) is 38.1 Å². The van der Waals surface area contributed by atoms with E-state index in [9.17, 15) is 5.11 Å². The van der Waals surface area contributed by atoms with Gasteiger partial charge in [0.1, 0.15) is 24.2 Å². The van der Waals surface area contributed by atoms with Crippen LogP contribution in [0.1, 0.15) is 31.4 Å². The lowest BCUT2D eigenvalue weighted by Crippen LogP contribution is -2.40. The number of ether oxygens (including phenoxy) is 2. The molecule has 1 aliphatic heterocycles. The monoisotopic (exact) mass is 463 g/mol. The van der Waals surface area contributed by atoms with Crippen LogP contribution < -0.4 is 9.47 Å². The lowest BCUT2D eigenvalue weighted by atomic mass is 9.78. The molecular formula is C25H34ClNO3S. The molecule has 3 rings (SSSR count). The number of thioether (sulfide) groups is 1. The molecule has 0 spiro atoms. The normalized spacial score (nSPS) is 16.1. The van der Waals surface area contributed by atoms with Crippen LogP contribution in [0.3, 0.4) is 0 Å². The first-order chi connectivity index (χ1) is 15.0. The van der Waals surface area contributed by atoms with Crippen LogP contribution in [0.2, 0.25) is 0 Å². The van der Waals surface area contributed by atoms with Crippen LogP contribution in [0.15, 0.2) is 48.5 Å². The molecule has 0 bridgehead atoms. The van der Waals surface area contributed by atoms with Gasteiger partial charge in [-0.2, -0.15) is 11.8 Å². The highest BCUT2D eigenvalue weighted by molar-refractivity contribution is 7.99. The van der Waals surface area contributed by atoms with Crippen molar-refractivity contribution in [2.45, 2.75) is 31.8 Å². The number of aliphatic hydroxyl groups is 1. The third-order valence-corrected chi connectivity index (χ3v) is 6.92. The molecule has 1 saturated heterocycles. The third-order valence-electron chi connectivity index (χ3n) is 5.71. The van der Waals surface area contributed by atoms with E-state index in [-0.39, 0.29) is 5.41 Å². The second kappa shape index (κ2) is 12.0. The Labute approximate surface area is 195 Å². The summed E-state index contributed by atoms with van der Waals surface area (Å²) in [6.07, 6.45) is 0.377. The molecule has 0 amide bonds. The van der Waals surface area contributed by atoms with E-state index in [1.807, 2.05) is 36.0 Å². The van der Waals surface area contributed by atoms with Crippen LogP contribution in [0, 0.1) is 0 Å². The Balaban J connectivity index is 1.53. The van der Waals surface area contributed by atoms with Gasteiger partial charge in [-0.25, -0.2) is 0 Å². The summed E-state index contributed by atoms with van der Waals surface area (Å²) in [5.41, 5.74) is 2.29. The van der Waals surface area contributed by atoms with Gasteiger partial charge in [0.15, 0.2) is 0 Å². The molecule has 1 aliphatic rings. The van der Waals surface area contributed by atoms with Crippen molar-refractivity contribution < 1.29 is 14.6 Å². The van der Waals surface area contributed by atoms with E-state index >= 15 is 0 Å². The average Bonchev–Trinajstić information content (AvgIpc) is 2.79. The van der Waals surface area contributed by atoms with E-state index in [2.05, 4.69) is 43.0 Å². The highest BCUT2D eigenvalue weighted by Gasteiger charge is 2.23. The number of aliphatic hydroxyl groups excluding tert-OH is 1. The molecular weight excluding hydrogens is 430 g/mol. The van der Waals surface area contributed by atoms with E-state index in [4.69, 9.17) is 21.1 Å². The molecule has 1 atom stereocenters. The summed E-state index contributed by atoms with van der Waals surface area (Å²) in [4.78, 5) is 2.31. The van der Waals surface area contributed by atoms with Gasteiger partial charge in [0, 0.05) is 42.4 Å². The van der Waals surface area contributed by atoms with E-state index in [0.29, 0.717) is 25.6 Å². The van der Waals surface area contributed by atoms with Gasteiger partial charge in [0.2, 0.25) is 0 Å². The molecule has 4 nitrogen and oxygen atoms in total. The maximum Gasteiger partial charge on any atom is 0.119 e. The number of benzene rings is 2. The van der Waals surface area contributed by atoms with Gasteiger partial charge in [0.05, 0.1) is 6.61 Å². The first-order valence-corrected chi connectivity index (χ1v) is 12.7. The van der Waals surface area contributed by atoms with E-state index in [1.54, 1.807) is 0 Å². The molecule has 31 heavy (non-hydrogen) atoms. The van der Waals surface area contributed by atoms with Crippen molar-refractivity contribution in [1.29, 1.82) is 0 Å². The Bertz CT molecular complexity index is 776. The van der Waals surface area contributed by atoms with Crippen LogP contribution >= 0.6 is 23.4 Å².